The molecule has 48 heavy (non-hydrogen) atoms. The summed E-state index contributed by atoms with van der Waals surface area (Å²) in [7, 11) is 0. The second-order valence-corrected chi connectivity index (χ2v) is 15.7. The summed E-state index contributed by atoms with van der Waals surface area (Å²) < 4.78 is 90.3. The maximum Gasteiger partial charge on any atom is 0.456 e. The number of fused-ring (bicyclic) bond motifs is 4. The number of aliphatic hydroxyl groups is 2. The molecule has 1 amide bonds. The summed E-state index contributed by atoms with van der Waals surface area (Å²) in [6.07, 6.45) is -4.10. The SMILES string of the molecule is C=CCNC(=O)OCc1ccc([C@H]2C[C@@]3(C)[C@@H](CC[C@@]3(O)C(F)(F)C(F)(F)F)[C@@H]3CC[C@@]4(O)CC5(CCC4=C32)OCC(C)(C)CO5)cc1. The van der Waals surface area contributed by atoms with Gasteiger partial charge >= 0.3 is 18.2 Å². The summed E-state index contributed by atoms with van der Waals surface area (Å²) in [5.74, 6) is -7.96. The van der Waals surface area contributed by atoms with Crippen LogP contribution in [-0.4, -0.2) is 65.2 Å². The Kier molecular flexibility index (Phi) is 8.66. The van der Waals surface area contributed by atoms with Gasteiger partial charge in [0.15, 0.2) is 5.79 Å². The summed E-state index contributed by atoms with van der Waals surface area (Å²) in [6.45, 7) is 10.1. The van der Waals surface area contributed by atoms with Gasteiger partial charge in [0.05, 0.1) is 18.8 Å². The Morgan fingerprint density at radius 3 is 2.33 bits per heavy atom. The van der Waals surface area contributed by atoms with Gasteiger partial charge in [-0.15, -0.1) is 6.58 Å². The maximum atomic E-state index is 15.4. The van der Waals surface area contributed by atoms with E-state index in [4.69, 9.17) is 14.2 Å². The minimum absolute atomic E-state index is 0.0146. The highest BCUT2D eigenvalue weighted by Crippen LogP contribution is 2.71. The first-order valence-corrected chi connectivity index (χ1v) is 16.8. The van der Waals surface area contributed by atoms with Gasteiger partial charge in [-0.25, -0.2) is 4.79 Å². The molecular weight excluding hydrogens is 637 g/mol. The van der Waals surface area contributed by atoms with Crippen LogP contribution in [0.25, 0.3) is 0 Å². The van der Waals surface area contributed by atoms with E-state index in [1.807, 2.05) is 13.8 Å². The van der Waals surface area contributed by atoms with E-state index in [0.717, 1.165) is 11.1 Å². The standard InChI is InChI=1S/C36H46F5NO6/c1-5-16-42-29(43)46-18-22-6-8-23(9-7-22)25-17-31(4)26(12-15-34(31,45)35(37,38)36(39,40)41)24-10-13-32(44)19-33(14-11-27(32)28(24)25)47-20-30(2,3)21-48-33/h5-9,24-26,44-45H,1,10-21H2,2-4H3,(H,42,43)/t24-,25+,26-,31-,32+,34-/m0/s1. The van der Waals surface area contributed by atoms with E-state index in [9.17, 15) is 28.2 Å². The molecule has 1 spiro atoms. The first-order valence-electron chi connectivity index (χ1n) is 16.8. The van der Waals surface area contributed by atoms with Crippen molar-refractivity contribution < 1.29 is 51.2 Å². The van der Waals surface area contributed by atoms with Crippen molar-refractivity contribution in [3.63, 3.8) is 0 Å². The van der Waals surface area contributed by atoms with Crippen molar-refractivity contribution in [2.24, 2.45) is 22.7 Å². The van der Waals surface area contributed by atoms with Gasteiger partial charge in [0.25, 0.3) is 0 Å². The second-order valence-electron chi connectivity index (χ2n) is 15.7. The van der Waals surface area contributed by atoms with Crippen LogP contribution in [-0.2, 0) is 20.8 Å². The van der Waals surface area contributed by atoms with Crippen molar-refractivity contribution in [1.82, 2.24) is 5.32 Å². The fourth-order valence-electron chi connectivity index (χ4n) is 9.51. The van der Waals surface area contributed by atoms with E-state index in [2.05, 4.69) is 11.9 Å². The number of carbonyl (C=O) groups is 1. The molecule has 0 bridgehead atoms. The Morgan fingerprint density at radius 1 is 1.04 bits per heavy atom. The van der Waals surface area contributed by atoms with Gasteiger partial charge in [0.2, 0.25) is 0 Å². The molecule has 1 aromatic carbocycles. The number of allylic oxidation sites excluding steroid dienone is 1. The van der Waals surface area contributed by atoms with Crippen molar-refractivity contribution in [1.29, 1.82) is 0 Å². The van der Waals surface area contributed by atoms with E-state index in [1.54, 1.807) is 24.3 Å². The molecule has 6 rings (SSSR count). The third kappa shape index (κ3) is 5.58. The van der Waals surface area contributed by atoms with Crippen LogP contribution in [0.1, 0.15) is 89.2 Å². The van der Waals surface area contributed by atoms with Gasteiger partial charge in [-0.3, -0.25) is 0 Å². The van der Waals surface area contributed by atoms with E-state index in [1.165, 1.54) is 13.0 Å². The quantitative estimate of drug-likeness (QED) is 0.215. The maximum absolute atomic E-state index is 15.4. The van der Waals surface area contributed by atoms with Gasteiger partial charge in [-0.1, -0.05) is 56.7 Å². The highest BCUT2D eigenvalue weighted by Gasteiger charge is 2.79. The average molecular weight is 684 g/mol. The third-order valence-electron chi connectivity index (χ3n) is 12.0. The molecule has 7 nitrogen and oxygen atoms in total. The van der Waals surface area contributed by atoms with Crippen LogP contribution in [0.3, 0.4) is 0 Å². The Morgan fingerprint density at radius 2 is 1.71 bits per heavy atom. The summed E-state index contributed by atoms with van der Waals surface area (Å²) in [5, 5.41) is 26.4. The largest absolute Gasteiger partial charge is 0.456 e. The van der Waals surface area contributed by atoms with Crippen LogP contribution in [0, 0.1) is 22.7 Å². The lowest BCUT2D eigenvalue weighted by atomic mass is 9.49. The Bertz CT molecular complexity index is 1450. The zero-order chi connectivity index (χ0) is 35.0. The van der Waals surface area contributed by atoms with Crippen LogP contribution >= 0.6 is 0 Å². The number of alkyl halides is 5. The molecule has 3 saturated carbocycles. The zero-order valence-electron chi connectivity index (χ0n) is 27.7. The molecule has 266 valence electrons. The number of amides is 1. The van der Waals surface area contributed by atoms with Crippen LogP contribution in [0.5, 0.6) is 0 Å². The molecule has 0 radical (unpaired) electrons. The van der Waals surface area contributed by atoms with Gasteiger partial charge in [0.1, 0.15) is 12.2 Å². The van der Waals surface area contributed by atoms with Crippen LogP contribution < -0.4 is 5.32 Å². The Hall–Kier alpha value is -2.54. The number of hydrogen-bond acceptors (Lipinski definition) is 6. The summed E-state index contributed by atoms with van der Waals surface area (Å²) in [4.78, 5) is 11.9. The number of nitrogens with one attached hydrogen (secondary N) is 1. The number of halogens is 5. The Balaban J connectivity index is 1.39. The first-order chi connectivity index (χ1) is 22.3. The van der Waals surface area contributed by atoms with Gasteiger partial charge in [0, 0.05) is 36.1 Å². The molecule has 4 aliphatic carbocycles. The van der Waals surface area contributed by atoms with Crippen molar-refractivity contribution in [2.45, 2.75) is 114 Å². The molecule has 1 aliphatic heterocycles. The highest BCUT2D eigenvalue weighted by atomic mass is 19.4. The smallest absolute Gasteiger partial charge is 0.445 e. The van der Waals surface area contributed by atoms with Crippen LogP contribution in [0.4, 0.5) is 26.7 Å². The molecule has 5 aliphatic rings. The monoisotopic (exact) mass is 683 g/mol. The molecule has 1 saturated heterocycles. The fourth-order valence-corrected chi connectivity index (χ4v) is 9.51. The summed E-state index contributed by atoms with van der Waals surface area (Å²) in [5.41, 5.74) is -3.56. The average Bonchev–Trinajstić information content (AvgIpc) is 3.30. The van der Waals surface area contributed by atoms with E-state index >= 15 is 8.78 Å². The fraction of sp³-hybridized carbons (Fsp3) is 0.694. The lowest BCUT2D eigenvalue weighted by Gasteiger charge is -2.59. The number of carbonyl (C=O) groups excluding carboxylic acids is 1. The molecule has 1 aromatic rings. The van der Waals surface area contributed by atoms with Gasteiger partial charge in [-0.05, 0) is 67.1 Å². The number of hydrogen-bond donors (Lipinski definition) is 3. The molecule has 6 atom stereocenters. The predicted molar refractivity (Wildman–Crippen MR) is 166 cm³/mol. The number of ether oxygens (including phenoxy) is 3. The molecule has 0 unspecified atom stereocenters. The molecule has 1 heterocycles. The summed E-state index contributed by atoms with van der Waals surface area (Å²) >= 11 is 0. The van der Waals surface area contributed by atoms with Crippen LogP contribution in [0.15, 0.2) is 48.1 Å². The minimum Gasteiger partial charge on any atom is -0.445 e. The first kappa shape index (κ1) is 35.3. The molecule has 4 fully saturated rings. The lowest BCUT2D eigenvalue weighted by molar-refractivity contribution is -0.362. The topological polar surface area (TPSA) is 97.3 Å². The number of benzene rings is 1. The normalized spacial score (nSPS) is 35.8. The minimum atomic E-state index is -5.92. The predicted octanol–water partition coefficient (Wildman–Crippen LogP) is 7.32. The summed E-state index contributed by atoms with van der Waals surface area (Å²) in [6, 6.07) is 6.99. The van der Waals surface area contributed by atoms with E-state index in [-0.39, 0.29) is 44.2 Å². The second kappa shape index (κ2) is 11.8. The lowest BCUT2D eigenvalue weighted by Crippen LogP contribution is -2.65. The van der Waals surface area contributed by atoms with Crippen LogP contribution in [0.2, 0.25) is 0 Å². The highest BCUT2D eigenvalue weighted by molar-refractivity contribution is 5.67. The number of rotatable bonds is 6. The van der Waals surface area contributed by atoms with Crippen molar-refractivity contribution >= 4 is 6.09 Å². The zero-order valence-corrected chi connectivity index (χ0v) is 27.7. The molecule has 0 aromatic heterocycles. The Labute approximate surface area is 277 Å². The van der Waals surface area contributed by atoms with E-state index in [0.29, 0.717) is 43.6 Å². The number of alkyl carbamates (subject to hydrolysis) is 1. The molecular formula is C36H46F5NO6. The molecule has 3 N–H and O–H groups in total. The van der Waals surface area contributed by atoms with Crippen molar-refractivity contribution in [3.05, 3.63) is 59.2 Å². The van der Waals surface area contributed by atoms with Crippen molar-refractivity contribution in [3.8, 4) is 0 Å². The molecule has 12 heteroatoms. The third-order valence-corrected chi connectivity index (χ3v) is 12.0. The van der Waals surface area contributed by atoms with Crippen molar-refractivity contribution in [2.75, 3.05) is 19.8 Å². The van der Waals surface area contributed by atoms with Gasteiger partial charge in [-0.2, -0.15) is 22.0 Å². The van der Waals surface area contributed by atoms with Gasteiger partial charge < -0.3 is 29.7 Å². The van der Waals surface area contributed by atoms with E-state index < -0.39 is 64.8 Å².